The summed E-state index contributed by atoms with van der Waals surface area (Å²) in [6.45, 7) is 0. The third-order valence-corrected chi connectivity index (χ3v) is 3.72. The van der Waals surface area contributed by atoms with Crippen LogP contribution in [0, 0.1) is 5.82 Å². The van der Waals surface area contributed by atoms with E-state index in [1.807, 2.05) is 6.26 Å². The van der Waals surface area contributed by atoms with E-state index in [0.717, 1.165) is 4.34 Å². The number of thioether (sulfide) groups is 1. The summed E-state index contributed by atoms with van der Waals surface area (Å²) in [5.74, 6) is -0.352. The largest absolute Gasteiger partial charge is 0.325 e. The van der Waals surface area contributed by atoms with Crippen LogP contribution in [-0.4, -0.2) is 22.5 Å². The summed E-state index contributed by atoms with van der Waals surface area (Å²) in [7, 11) is 0. The molecule has 1 heterocycles. The van der Waals surface area contributed by atoms with Crippen molar-refractivity contribution in [3.05, 3.63) is 30.1 Å². The van der Waals surface area contributed by atoms with E-state index in [9.17, 15) is 9.18 Å². The maximum absolute atomic E-state index is 12.7. The van der Waals surface area contributed by atoms with Crippen LogP contribution in [0.15, 0.2) is 28.6 Å². The fourth-order valence-electron chi connectivity index (χ4n) is 1.14. The third kappa shape index (κ3) is 3.41. The Bertz CT molecular complexity index is 543. The summed E-state index contributed by atoms with van der Waals surface area (Å²) in [5, 5.41) is 13.2. The van der Waals surface area contributed by atoms with Gasteiger partial charge < -0.3 is 5.32 Å². The Morgan fingerprint density at radius 2 is 2.00 bits per heavy atom. The molecular formula is C10H9FN4OS2. The number of benzene rings is 1. The van der Waals surface area contributed by atoms with Gasteiger partial charge in [-0.25, -0.2) is 9.18 Å². The molecular weight excluding hydrogens is 275 g/mol. The summed E-state index contributed by atoms with van der Waals surface area (Å²) in [6.07, 6.45) is 1.88. The molecule has 2 amide bonds. The molecule has 94 valence electrons. The summed E-state index contributed by atoms with van der Waals surface area (Å²) in [5.41, 5.74) is 0.503. The molecule has 0 radical (unpaired) electrons. The average Bonchev–Trinajstić information content (AvgIpc) is 2.79. The molecule has 2 aromatic rings. The quantitative estimate of drug-likeness (QED) is 0.671. The molecule has 1 aromatic heterocycles. The Labute approximate surface area is 111 Å². The van der Waals surface area contributed by atoms with E-state index in [-0.39, 0.29) is 5.82 Å². The first-order valence-electron chi connectivity index (χ1n) is 4.88. The number of amides is 2. The zero-order chi connectivity index (χ0) is 13.0. The lowest BCUT2D eigenvalue weighted by Crippen LogP contribution is -2.19. The highest BCUT2D eigenvalue weighted by Gasteiger charge is 2.07. The van der Waals surface area contributed by atoms with Crippen molar-refractivity contribution in [1.82, 2.24) is 10.2 Å². The van der Waals surface area contributed by atoms with Gasteiger partial charge in [-0.1, -0.05) is 23.1 Å². The predicted molar refractivity (Wildman–Crippen MR) is 70.7 cm³/mol. The summed E-state index contributed by atoms with van der Waals surface area (Å²) in [6, 6.07) is 5.05. The van der Waals surface area contributed by atoms with Crippen LogP contribution in [0.2, 0.25) is 0 Å². The van der Waals surface area contributed by atoms with Crippen molar-refractivity contribution in [2.24, 2.45) is 0 Å². The number of hydrogen-bond acceptors (Lipinski definition) is 5. The molecule has 0 spiro atoms. The molecule has 0 aliphatic rings. The zero-order valence-corrected chi connectivity index (χ0v) is 10.9. The summed E-state index contributed by atoms with van der Waals surface area (Å²) in [4.78, 5) is 11.6. The summed E-state index contributed by atoms with van der Waals surface area (Å²) < 4.78 is 13.4. The molecule has 0 saturated heterocycles. The molecule has 8 heteroatoms. The van der Waals surface area contributed by atoms with Crippen molar-refractivity contribution in [1.29, 1.82) is 0 Å². The standard InChI is InChI=1S/C10H9FN4OS2/c1-17-10-15-14-9(18-10)13-8(16)12-7-4-2-6(11)3-5-7/h2-5H,1H3,(H2,12,13,14,16). The normalized spacial score (nSPS) is 10.1. The minimum absolute atomic E-state index is 0.352. The highest BCUT2D eigenvalue weighted by Crippen LogP contribution is 2.23. The maximum Gasteiger partial charge on any atom is 0.325 e. The van der Waals surface area contributed by atoms with Crippen LogP contribution in [0.4, 0.5) is 20.0 Å². The predicted octanol–water partition coefficient (Wildman–Crippen LogP) is 3.04. The lowest BCUT2D eigenvalue weighted by Gasteiger charge is -2.04. The van der Waals surface area contributed by atoms with Gasteiger partial charge in [0, 0.05) is 5.69 Å². The molecule has 5 nitrogen and oxygen atoms in total. The first kappa shape index (κ1) is 12.8. The molecule has 0 saturated carbocycles. The van der Waals surface area contributed by atoms with E-state index in [2.05, 4.69) is 20.8 Å². The van der Waals surface area contributed by atoms with Gasteiger partial charge in [0.25, 0.3) is 0 Å². The number of nitrogens with one attached hydrogen (secondary N) is 2. The van der Waals surface area contributed by atoms with Gasteiger partial charge in [-0.3, -0.25) is 5.32 Å². The van der Waals surface area contributed by atoms with Gasteiger partial charge in [-0.2, -0.15) is 0 Å². The van der Waals surface area contributed by atoms with Crippen LogP contribution in [0.3, 0.4) is 0 Å². The van der Waals surface area contributed by atoms with Gasteiger partial charge >= 0.3 is 6.03 Å². The second-order valence-electron chi connectivity index (χ2n) is 3.16. The molecule has 0 bridgehead atoms. The van der Waals surface area contributed by atoms with Gasteiger partial charge in [-0.15, -0.1) is 10.2 Å². The number of halogens is 1. The monoisotopic (exact) mass is 284 g/mol. The number of rotatable bonds is 3. The lowest BCUT2D eigenvalue weighted by atomic mass is 10.3. The first-order chi connectivity index (χ1) is 8.67. The molecule has 0 fully saturated rings. The zero-order valence-electron chi connectivity index (χ0n) is 9.31. The number of carbonyl (C=O) groups excluding carboxylic acids is 1. The Morgan fingerprint density at radius 1 is 1.28 bits per heavy atom. The van der Waals surface area contributed by atoms with Crippen LogP contribution in [0.25, 0.3) is 0 Å². The number of hydrogen-bond donors (Lipinski definition) is 2. The van der Waals surface area contributed by atoms with E-state index >= 15 is 0 Å². The smallest absolute Gasteiger partial charge is 0.308 e. The van der Waals surface area contributed by atoms with Crippen molar-refractivity contribution in [3.8, 4) is 0 Å². The fraction of sp³-hybridized carbons (Fsp3) is 0.100. The fourth-order valence-corrected chi connectivity index (χ4v) is 2.30. The van der Waals surface area contributed by atoms with Gasteiger partial charge in [0.15, 0.2) is 4.34 Å². The van der Waals surface area contributed by atoms with Gasteiger partial charge in [-0.05, 0) is 30.5 Å². The van der Waals surface area contributed by atoms with Crippen molar-refractivity contribution in [2.45, 2.75) is 4.34 Å². The molecule has 0 atom stereocenters. The van der Waals surface area contributed by atoms with E-state index < -0.39 is 6.03 Å². The van der Waals surface area contributed by atoms with Crippen molar-refractivity contribution in [2.75, 3.05) is 16.9 Å². The number of urea groups is 1. The minimum Gasteiger partial charge on any atom is -0.308 e. The van der Waals surface area contributed by atoms with Crippen molar-refractivity contribution >= 4 is 39.9 Å². The Balaban J connectivity index is 1.94. The van der Waals surface area contributed by atoms with Gasteiger partial charge in [0.2, 0.25) is 5.13 Å². The topological polar surface area (TPSA) is 66.9 Å². The van der Waals surface area contributed by atoms with E-state index in [4.69, 9.17) is 0 Å². The molecule has 1 aromatic carbocycles. The first-order valence-corrected chi connectivity index (χ1v) is 6.92. The SMILES string of the molecule is CSc1nnc(NC(=O)Nc2ccc(F)cc2)s1. The lowest BCUT2D eigenvalue weighted by molar-refractivity contribution is 0.262. The van der Waals surface area contributed by atoms with Crippen molar-refractivity contribution in [3.63, 3.8) is 0 Å². The summed E-state index contributed by atoms with van der Waals surface area (Å²) >= 11 is 2.74. The van der Waals surface area contributed by atoms with E-state index in [1.165, 1.54) is 47.4 Å². The van der Waals surface area contributed by atoms with Crippen LogP contribution in [0.1, 0.15) is 0 Å². The highest BCUT2D eigenvalue weighted by atomic mass is 32.2. The maximum atomic E-state index is 12.7. The van der Waals surface area contributed by atoms with E-state index in [1.54, 1.807) is 0 Å². The number of carbonyl (C=O) groups is 1. The number of nitrogens with zero attached hydrogens (tertiary/aromatic N) is 2. The molecule has 18 heavy (non-hydrogen) atoms. The molecule has 0 aliphatic carbocycles. The number of anilines is 2. The van der Waals surface area contributed by atoms with Gasteiger partial charge in [0.05, 0.1) is 0 Å². The average molecular weight is 284 g/mol. The molecule has 2 rings (SSSR count). The Morgan fingerprint density at radius 3 is 2.61 bits per heavy atom. The molecule has 0 unspecified atom stereocenters. The second-order valence-corrected chi connectivity index (χ2v) is 5.19. The Kier molecular flexibility index (Phi) is 4.11. The minimum atomic E-state index is -0.439. The van der Waals surface area contributed by atoms with Gasteiger partial charge in [0.1, 0.15) is 5.82 Å². The van der Waals surface area contributed by atoms with Crippen LogP contribution >= 0.6 is 23.1 Å². The second kappa shape index (κ2) is 5.78. The molecule has 2 N–H and O–H groups in total. The van der Waals surface area contributed by atoms with Crippen LogP contribution in [0.5, 0.6) is 0 Å². The number of aromatic nitrogens is 2. The third-order valence-electron chi connectivity index (χ3n) is 1.90. The molecule has 0 aliphatic heterocycles. The van der Waals surface area contributed by atoms with Crippen LogP contribution in [-0.2, 0) is 0 Å². The van der Waals surface area contributed by atoms with Crippen LogP contribution < -0.4 is 10.6 Å². The van der Waals surface area contributed by atoms with Crippen molar-refractivity contribution < 1.29 is 9.18 Å². The highest BCUT2D eigenvalue weighted by molar-refractivity contribution is 8.00. The Hall–Kier alpha value is -1.67. The van der Waals surface area contributed by atoms with E-state index in [0.29, 0.717) is 10.8 Å².